The lowest BCUT2D eigenvalue weighted by Gasteiger charge is -1.94. The zero-order chi connectivity index (χ0) is 9.68. The van der Waals surface area contributed by atoms with E-state index in [0.717, 1.165) is 23.8 Å². The summed E-state index contributed by atoms with van der Waals surface area (Å²) in [7, 11) is 1.71. The summed E-state index contributed by atoms with van der Waals surface area (Å²) in [4.78, 5) is 5.67. The van der Waals surface area contributed by atoms with E-state index in [-0.39, 0.29) is 0 Å². The molecular formula is C9H16N2OS. The van der Waals surface area contributed by atoms with Gasteiger partial charge in [0.15, 0.2) is 0 Å². The number of aromatic nitrogens is 1. The summed E-state index contributed by atoms with van der Waals surface area (Å²) in [5.41, 5.74) is 1.10. The Morgan fingerprint density at radius 2 is 2.31 bits per heavy atom. The molecule has 0 atom stereocenters. The molecule has 0 amide bonds. The first-order chi connectivity index (χ1) is 6.27. The molecule has 0 unspecified atom stereocenters. The Morgan fingerprint density at radius 3 is 2.92 bits per heavy atom. The van der Waals surface area contributed by atoms with Crippen LogP contribution in [0.2, 0.25) is 0 Å². The third-order valence-electron chi connectivity index (χ3n) is 1.74. The van der Waals surface area contributed by atoms with Crippen molar-refractivity contribution < 1.29 is 4.74 Å². The van der Waals surface area contributed by atoms with Gasteiger partial charge in [-0.3, -0.25) is 0 Å². The number of methoxy groups -OCH3 is 1. The second-order valence-electron chi connectivity index (χ2n) is 2.83. The molecule has 1 N–H and O–H groups in total. The van der Waals surface area contributed by atoms with E-state index in [0.29, 0.717) is 6.61 Å². The molecule has 1 aromatic heterocycles. The Hall–Kier alpha value is -0.450. The van der Waals surface area contributed by atoms with Crippen molar-refractivity contribution in [1.82, 2.24) is 10.3 Å². The number of nitrogens with zero attached hydrogens (tertiary/aromatic N) is 1. The van der Waals surface area contributed by atoms with Gasteiger partial charge in [-0.1, -0.05) is 6.92 Å². The SMILES string of the molecule is CCNCc1nc(C)c(COC)s1. The fourth-order valence-corrected chi connectivity index (χ4v) is 2.07. The predicted octanol–water partition coefficient (Wildman–Crippen LogP) is 1.71. The van der Waals surface area contributed by atoms with Gasteiger partial charge >= 0.3 is 0 Å². The maximum Gasteiger partial charge on any atom is 0.107 e. The number of nitrogens with one attached hydrogen (secondary N) is 1. The van der Waals surface area contributed by atoms with Crippen LogP contribution >= 0.6 is 11.3 Å². The van der Waals surface area contributed by atoms with Gasteiger partial charge in [-0.25, -0.2) is 4.98 Å². The van der Waals surface area contributed by atoms with Crippen molar-refractivity contribution in [3.05, 3.63) is 15.6 Å². The molecule has 1 heterocycles. The summed E-state index contributed by atoms with van der Waals surface area (Å²) < 4.78 is 5.08. The minimum absolute atomic E-state index is 0.676. The summed E-state index contributed by atoms with van der Waals surface area (Å²) in [5, 5.41) is 4.40. The molecule has 0 aliphatic heterocycles. The topological polar surface area (TPSA) is 34.2 Å². The molecule has 1 aromatic rings. The van der Waals surface area contributed by atoms with Crippen molar-refractivity contribution in [2.75, 3.05) is 13.7 Å². The first-order valence-electron chi connectivity index (χ1n) is 4.42. The molecule has 0 bridgehead atoms. The summed E-state index contributed by atoms with van der Waals surface area (Å²) in [6.45, 7) is 6.65. The lowest BCUT2D eigenvalue weighted by molar-refractivity contribution is 0.187. The van der Waals surface area contributed by atoms with Crippen LogP contribution in [0.25, 0.3) is 0 Å². The maximum atomic E-state index is 5.08. The van der Waals surface area contributed by atoms with Crippen molar-refractivity contribution in [2.45, 2.75) is 27.0 Å². The molecule has 1 rings (SSSR count). The molecule has 74 valence electrons. The molecule has 0 radical (unpaired) electrons. The van der Waals surface area contributed by atoms with Crippen LogP contribution in [0.1, 0.15) is 22.5 Å². The van der Waals surface area contributed by atoms with Crippen molar-refractivity contribution in [3.63, 3.8) is 0 Å². The minimum Gasteiger partial charge on any atom is -0.379 e. The summed E-state index contributed by atoms with van der Waals surface area (Å²) in [5.74, 6) is 0. The van der Waals surface area contributed by atoms with Crippen LogP contribution in [-0.4, -0.2) is 18.6 Å². The highest BCUT2D eigenvalue weighted by Gasteiger charge is 2.05. The first kappa shape index (κ1) is 10.6. The quantitative estimate of drug-likeness (QED) is 0.785. The first-order valence-corrected chi connectivity index (χ1v) is 5.24. The predicted molar refractivity (Wildman–Crippen MR) is 54.9 cm³/mol. The van der Waals surface area contributed by atoms with E-state index in [4.69, 9.17) is 4.74 Å². The van der Waals surface area contributed by atoms with Gasteiger partial charge in [0, 0.05) is 13.7 Å². The lowest BCUT2D eigenvalue weighted by Crippen LogP contribution is -2.11. The highest BCUT2D eigenvalue weighted by Crippen LogP contribution is 2.18. The average molecular weight is 200 g/mol. The van der Waals surface area contributed by atoms with Crippen LogP contribution in [-0.2, 0) is 17.9 Å². The third kappa shape index (κ3) is 3.06. The van der Waals surface area contributed by atoms with Gasteiger partial charge in [0.1, 0.15) is 5.01 Å². The number of thiazole rings is 1. The Labute approximate surface area is 83.1 Å². The summed E-state index contributed by atoms with van der Waals surface area (Å²) in [6, 6.07) is 0. The number of rotatable bonds is 5. The van der Waals surface area contributed by atoms with Gasteiger partial charge in [-0.2, -0.15) is 0 Å². The van der Waals surface area contributed by atoms with Crippen molar-refractivity contribution >= 4 is 11.3 Å². The van der Waals surface area contributed by atoms with E-state index in [9.17, 15) is 0 Å². The average Bonchev–Trinajstić information content (AvgIpc) is 2.45. The van der Waals surface area contributed by atoms with Gasteiger partial charge in [-0.15, -0.1) is 11.3 Å². The van der Waals surface area contributed by atoms with Gasteiger partial charge in [0.25, 0.3) is 0 Å². The van der Waals surface area contributed by atoms with Gasteiger partial charge in [0.05, 0.1) is 17.2 Å². The van der Waals surface area contributed by atoms with Crippen LogP contribution in [0, 0.1) is 6.92 Å². The zero-order valence-electron chi connectivity index (χ0n) is 8.39. The van der Waals surface area contributed by atoms with E-state index in [1.807, 2.05) is 6.92 Å². The Bertz CT molecular complexity index is 260. The summed E-state index contributed by atoms with van der Waals surface area (Å²) >= 11 is 1.73. The minimum atomic E-state index is 0.676. The van der Waals surface area contributed by atoms with Crippen molar-refractivity contribution in [1.29, 1.82) is 0 Å². The fourth-order valence-electron chi connectivity index (χ4n) is 1.06. The van der Waals surface area contributed by atoms with Crippen LogP contribution in [0.15, 0.2) is 0 Å². The standard InChI is InChI=1S/C9H16N2OS/c1-4-10-5-9-11-7(2)8(13-9)6-12-3/h10H,4-6H2,1-3H3. The summed E-state index contributed by atoms with van der Waals surface area (Å²) in [6.07, 6.45) is 0. The van der Waals surface area contributed by atoms with Crippen LogP contribution in [0.3, 0.4) is 0 Å². The van der Waals surface area contributed by atoms with Crippen molar-refractivity contribution in [3.8, 4) is 0 Å². The van der Waals surface area contributed by atoms with Gasteiger partial charge < -0.3 is 10.1 Å². The Balaban J connectivity index is 2.59. The molecule has 0 aliphatic rings. The molecule has 4 heteroatoms. The Kier molecular flexibility index (Phi) is 4.35. The maximum absolute atomic E-state index is 5.08. The number of hydrogen-bond donors (Lipinski definition) is 1. The molecule has 0 aliphatic carbocycles. The van der Waals surface area contributed by atoms with Crippen LogP contribution in [0.4, 0.5) is 0 Å². The van der Waals surface area contributed by atoms with Crippen LogP contribution < -0.4 is 5.32 Å². The van der Waals surface area contributed by atoms with Gasteiger partial charge in [-0.05, 0) is 13.5 Å². The van der Waals surface area contributed by atoms with E-state index in [2.05, 4.69) is 17.2 Å². The van der Waals surface area contributed by atoms with E-state index in [1.165, 1.54) is 4.88 Å². The fraction of sp³-hybridized carbons (Fsp3) is 0.667. The largest absolute Gasteiger partial charge is 0.379 e. The Morgan fingerprint density at radius 1 is 1.54 bits per heavy atom. The van der Waals surface area contributed by atoms with E-state index >= 15 is 0 Å². The molecule has 0 aromatic carbocycles. The third-order valence-corrected chi connectivity index (χ3v) is 2.87. The van der Waals surface area contributed by atoms with Crippen molar-refractivity contribution in [2.24, 2.45) is 0 Å². The molecule has 3 nitrogen and oxygen atoms in total. The second kappa shape index (κ2) is 5.32. The normalized spacial score (nSPS) is 10.7. The van der Waals surface area contributed by atoms with E-state index < -0.39 is 0 Å². The molecule has 0 saturated heterocycles. The monoisotopic (exact) mass is 200 g/mol. The smallest absolute Gasteiger partial charge is 0.107 e. The number of ether oxygens (including phenoxy) is 1. The van der Waals surface area contributed by atoms with Gasteiger partial charge in [0.2, 0.25) is 0 Å². The number of aryl methyl sites for hydroxylation is 1. The highest BCUT2D eigenvalue weighted by atomic mass is 32.1. The van der Waals surface area contributed by atoms with Crippen LogP contribution in [0.5, 0.6) is 0 Å². The number of hydrogen-bond acceptors (Lipinski definition) is 4. The lowest BCUT2D eigenvalue weighted by atomic mass is 10.4. The molecule has 0 spiro atoms. The zero-order valence-corrected chi connectivity index (χ0v) is 9.20. The molecular weight excluding hydrogens is 184 g/mol. The molecule has 13 heavy (non-hydrogen) atoms. The second-order valence-corrected chi connectivity index (χ2v) is 4.00. The van der Waals surface area contributed by atoms with E-state index in [1.54, 1.807) is 18.4 Å². The highest BCUT2D eigenvalue weighted by molar-refractivity contribution is 7.11. The molecule has 0 saturated carbocycles. The molecule has 0 fully saturated rings.